The van der Waals surface area contributed by atoms with Crippen LogP contribution in [-0.4, -0.2) is 18.5 Å². The zero-order valence-electron chi connectivity index (χ0n) is 8.24. The van der Waals surface area contributed by atoms with Crippen molar-refractivity contribution < 1.29 is 4.92 Å². The first-order valence-electron chi connectivity index (χ1n) is 4.40. The van der Waals surface area contributed by atoms with Crippen LogP contribution in [0.5, 0.6) is 0 Å². The molecule has 1 rings (SSSR count). The Balaban J connectivity index is 3.02. The summed E-state index contributed by atoms with van der Waals surface area (Å²) in [6.07, 6.45) is 3.49. The first kappa shape index (κ1) is 11.7. The highest BCUT2D eigenvalue weighted by molar-refractivity contribution is 6.30. The summed E-state index contributed by atoms with van der Waals surface area (Å²) in [6.45, 7) is 0.656. The van der Waals surface area contributed by atoms with E-state index in [0.29, 0.717) is 17.1 Å². The Kier molecular flexibility index (Phi) is 4.27. The SMILES string of the molecule is CNCC=Cc1cc(Cl)ccc1[N+](=O)[O-]. The Hall–Kier alpha value is -1.39. The van der Waals surface area contributed by atoms with Crippen LogP contribution in [0, 0.1) is 10.1 Å². The molecule has 0 bridgehead atoms. The molecule has 0 saturated carbocycles. The minimum absolute atomic E-state index is 0.0618. The molecule has 0 spiro atoms. The molecule has 15 heavy (non-hydrogen) atoms. The average molecular weight is 227 g/mol. The van der Waals surface area contributed by atoms with Gasteiger partial charge in [0.05, 0.1) is 10.5 Å². The van der Waals surface area contributed by atoms with E-state index >= 15 is 0 Å². The van der Waals surface area contributed by atoms with Crippen molar-refractivity contribution in [3.8, 4) is 0 Å². The van der Waals surface area contributed by atoms with Gasteiger partial charge in [-0.25, -0.2) is 0 Å². The number of nitro groups is 1. The topological polar surface area (TPSA) is 55.2 Å². The van der Waals surface area contributed by atoms with E-state index in [2.05, 4.69) is 5.32 Å². The summed E-state index contributed by atoms with van der Waals surface area (Å²) >= 11 is 5.76. The third-order valence-electron chi connectivity index (χ3n) is 1.81. The lowest BCUT2D eigenvalue weighted by Gasteiger charge is -1.98. The standard InChI is InChI=1S/C10H11ClN2O2/c1-12-6-2-3-8-7-9(11)4-5-10(8)13(14)15/h2-5,7,12H,6H2,1H3. The van der Waals surface area contributed by atoms with Gasteiger partial charge in [0.25, 0.3) is 5.69 Å². The van der Waals surface area contributed by atoms with E-state index < -0.39 is 4.92 Å². The van der Waals surface area contributed by atoms with Crippen LogP contribution in [0.1, 0.15) is 5.56 Å². The Morgan fingerprint density at radius 2 is 2.33 bits per heavy atom. The molecule has 1 aromatic rings. The van der Waals surface area contributed by atoms with Gasteiger partial charge in [-0.05, 0) is 19.2 Å². The number of nitrogens with one attached hydrogen (secondary N) is 1. The largest absolute Gasteiger partial charge is 0.316 e. The Labute approximate surface area is 92.7 Å². The van der Waals surface area contributed by atoms with Crippen LogP contribution < -0.4 is 5.32 Å². The second-order valence-electron chi connectivity index (χ2n) is 2.92. The van der Waals surface area contributed by atoms with Crippen LogP contribution in [0.3, 0.4) is 0 Å². The summed E-state index contributed by atoms with van der Waals surface area (Å²) in [5.74, 6) is 0. The molecule has 0 amide bonds. The minimum atomic E-state index is -0.421. The molecule has 0 aliphatic rings. The van der Waals surface area contributed by atoms with Crippen LogP contribution in [-0.2, 0) is 0 Å². The molecule has 1 aromatic carbocycles. The monoisotopic (exact) mass is 226 g/mol. The maximum absolute atomic E-state index is 10.7. The van der Waals surface area contributed by atoms with Crippen molar-refractivity contribution >= 4 is 23.4 Å². The minimum Gasteiger partial charge on any atom is -0.316 e. The van der Waals surface area contributed by atoms with Crippen LogP contribution >= 0.6 is 11.6 Å². The quantitative estimate of drug-likeness (QED) is 0.634. The summed E-state index contributed by atoms with van der Waals surface area (Å²) in [7, 11) is 1.80. The second-order valence-corrected chi connectivity index (χ2v) is 3.36. The molecule has 0 saturated heterocycles. The highest BCUT2D eigenvalue weighted by atomic mass is 35.5. The molecule has 0 radical (unpaired) electrons. The fourth-order valence-corrected chi connectivity index (χ4v) is 1.31. The van der Waals surface area contributed by atoms with Crippen LogP contribution in [0.25, 0.3) is 6.08 Å². The lowest BCUT2D eigenvalue weighted by molar-refractivity contribution is -0.385. The van der Waals surface area contributed by atoms with Gasteiger partial charge in [0, 0.05) is 17.6 Å². The van der Waals surface area contributed by atoms with E-state index in [-0.39, 0.29) is 5.69 Å². The lowest BCUT2D eigenvalue weighted by atomic mass is 10.1. The van der Waals surface area contributed by atoms with E-state index in [1.54, 1.807) is 25.3 Å². The normalized spacial score (nSPS) is 10.8. The van der Waals surface area contributed by atoms with Crippen LogP contribution in [0.15, 0.2) is 24.3 Å². The number of rotatable bonds is 4. The van der Waals surface area contributed by atoms with Gasteiger partial charge >= 0.3 is 0 Å². The predicted octanol–water partition coefficient (Wildman–Crippen LogP) is 2.48. The fraction of sp³-hybridized carbons (Fsp3) is 0.200. The van der Waals surface area contributed by atoms with Gasteiger partial charge in [0.1, 0.15) is 0 Å². The van der Waals surface area contributed by atoms with Gasteiger partial charge in [-0.15, -0.1) is 0 Å². The molecular formula is C10H11ClN2O2. The molecule has 0 aliphatic heterocycles. The van der Waals surface area contributed by atoms with Crippen molar-refractivity contribution in [3.05, 3.63) is 45.0 Å². The van der Waals surface area contributed by atoms with E-state index in [9.17, 15) is 10.1 Å². The highest BCUT2D eigenvalue weighted by Crippen LogP contribution is 2.23. The molecule has 0 fully saturated rings. The van der Waals surface area contributed by atoms with Gasteiger partial charge in [-0.2, -0.15) is 0 Å². The molecule has 1 N–H and O–H groups in total. The molecule has 80 valence electrons. The van der Waals surface area contributed by atoms with Crippen molar-refractivity contribution in [3.63, 3.8) is 0 Å². The van der Waals surface area contributed by atoms with Crippen LogP contribution in [0.4, 0.5) is 5.69 Å². The Morgan fingerprint density at radius 3 is 2.93 bits per heavy atom. The Morgan fingerprint density at radius 1 is 1.60 bits per heavy atom. The molecular weight excluding hydrogens is 216 g/mol. The molecule has 4 nitrogen and oxygen atoms in total. The summed E-state index contributed by atoms with van der Waals surface area (Å²) in [4.78, 5) is 10.3. The maximum Gasteiger partial charge on any atom is 0.276 e. The van der Waals surface area contributed by atoms with Crippen molar-refractivity contribution in [1.82, 2.24) is 5.32 Å². The van der Waals surface area contributed by atoms with E-state index in [1.807, 2.05) is 0 Å². The number of hydrogen-bond acceptors (Lipinski definition) is 3. The first-order valence-corrected chi connectivity index (χ1v) is 4.78. The first-order chi connectivity index (χ1) is 7.15. The van der Waals surface area contributed by atoms with Crippen molar-refractivity contribution in [2.45, 2.75) is 0 Å². The Bertz CT molecular complexity index is 391. The van der Waals surface area contributed by atoms with Gasteiger partial charge in [-0.3, -0.25) is 10.1 Å². The number of nitro benzene ring substituents is 1. The fourth-order valence-electron chi connectivity index (χ4n) is 1.13. The third kappa shape index (κ3) is 3.34. The number of likely N-dealkylation sites (N-methyl/N-ethyl adjacent to an activating group) is 1. The van der Waals surface area contributed by atoms with Gasteiger partial charge in [-0.1, -0.05) is 23.8 Å². The molecule has 0 aliphatic carbocycles. The summed E-state index contributed by atoms with van der Waals surface area (Å²) in [6, 6.07) is 4.49. The van der Waals surface area contributed by atoms with E-state index in [4.69, 9.17) is 11.6 Å². The van der Waals surface area contributed by atoms with Gasteiger partial charge in [0.15, 0.2) is 0 Å². The smallest absolute Gasteiger partial charge is 0.276 e. The maximum atomic E-state index is 10.7. The number of hydrogen-bond donors (Lipinski definition) is 1. The van der Waals surface area contributed by atoms with Crippen molar-refractivity contribution in [2.24, 2.45) is 0 Å². The second kappa shape index (κ2) is 5.48. The predicted molar refractivity (Wildman–Crippen MR) is 61.1 cm³/mol. The van der Waals surface area contributed by atoms with Gasteiger partial charge in [0.2, 0.25) is 0 Å². The van der Waals surface area contributed by atoms with E-state index in [0.717, 1.165) is 0 Å². The molecule has 0 aromatic heterocycles. The molecule has 0 unspecified atom stereocenters. The number of halogens is 1. The van der Waals surface area contributed by atoms with Crippen molar-refractivity contribution in [1.29, 1.82) is 0 Å². The summed E-state index contributed by atoms with van der Waals surface area (Å²) in [5.41, 5.74) is 0.578. The molecule has 0 heterocycles. The van der Waals surface area contributed by atoms with E-state index in [1.165, 1.54) is 12.1 Å². The highest BCUT2D eigenvalue weighted by Gasteiger charge is 2.10. The lowest BCUT2D eigenvalue weighted by Crippen LogP contribution is -2.03. The van der Waals surface area contributed by atoms with Gasteiger partial charge < -0.3 is 5.32 Å². The zero-order chi connectivity index (χ0) is 11.3. The zero-order valence-corrected chi connectivity index (χ0v) is 8.99. The molecule has 0 atom stereocenters. The average Bonchev–Trinajstić information content (AvgIpc) is 2.18. The number of nitrogens with zero attached hydrogens (tertiary/aromatic N) is 1. The number of benzene rings is 1. The summed E-state index contributed by atoms with van der Waals surface area (Å²) in [5, 5.41) is 14.1. The third-order valence-corrected chi connectivity index (χ3v) is 2.04. The molecule has 5 heteroatoms. The van der Waals surface area contributed by atoms with Crippen LogP contribution in [0.2, 0.25) is 5.02 Å². The summed E-state index contributed by atoms with van der Waals surface area (Å²) < 4.78 is 0. The van der Waals surface area contributed by atoms with Crippen molar-refractivity contribution in [2.75, 3.05) is 13.6 Å².